The molecule has 1 aromatic carbocycles. The van der Waals surface area contributed by atoms with Gasteiger partial charge in [0.15, 0.2) is 0 Å². The molecule has 0 radical (unpaired) electrons. The van der Waals surface area contributed by atoms with Crippen LogP contribution in [0.4, 0.5) is 5.69 Å². The van der Waals surface area contributed by atoms with Crippen LogP contribution in [0.5, 0.6) is 0 Å². The van der Waals surface area contributed by atoms with Crippen LogP contribution >= 0.6 is 11.6 Å². The Morgan fingerprint density at radius 1 is 1.53 bits per heavy atom. The van der Waals surface area contributed by atoms with E-state index in [-0.39, 0.29) is 5.91 Å². The number of carbonyl (C=O) groups excluding carboxylic acids is 1. The number of amides is 1. The average Bonchev–Trinajstić information content (AvgIpc) is 2.18. The first-order chi connectivity index (χ1) is 7.04. The monoisotopic (exact) mass is 225 g/mol. The van der Waals surface area contributed by atoms with Crippen molar-refractivity contribution in [3.8, 4) is 0 Å². The summed E-state index contributed by atoms with van der Waals surface area (Å²) in [6, 6.07) is 5.91. The van der Waals surface area contributed by atoms with Gasteiger partial charge in [-0.05, 0) is 43.5 Å². The molecule has 3 heteroatoms. The molecule has 1 aromatic rings. The Hall–Kier alpha value is -1.02. The average molecular weight is 226 g/mol. The summed E-state index contributed by atoms with van der Waals surface area (Å²) >= 11 is 5.66. The third-order valence-electron chi connectivity index (χ3n) is 2.35. The zero-order valence-corrected chi connectivity index (χ0v) is 10.1. The van der Waals surface area contributed by atoms with Crippen molar-refractivity contribution in [1.29, 1.82) is 0 Å². The number of hydrogen-bond donors (Lipinski definition) is 1. The number of aryl methyl sites for hydroxylation is 2. The lowest BCUT2D eigenvalue weighted by Gasteiger charge is -2.09. The van der Waals surface area contributed by atoms with E-state index in [1.807, 2.05) is 25.1 Å². The number of halogens is 1. The Morgan fingerprint density at radius 2 is 2.20 bits per heavy atom. The first-order valence-corrected chi connectivity index (χ1v) is 5.52. The topological polar surface area (TPSA) is 29.1 Å². The van der Waals surface area contributed by atoms with Crippen LogP contribution in [0.25, 0.3) is 0 Å². The Morgan fingerprint density at radius 3 is 2.67 bits per heavy atom. The quantitative estimate of drug-likeness (QED) is 0.787. The van der Waals surface area contributed by atoms with Crippen molar-refractivity contribution in [3.63, 3.8) is 0 Å². The number of benzene rings is 1. The van der Waals surface area contributed by atoms with Gasteiger partial charge < -0.3 is 5.32 Å². The number of rotatable bonds is 3. The highest BCUT2D eigenvalue weighted by molar-refractivity contribution is 6.32. The van der Waals surface area contributed by atoms with Crippen molar-refractivity contribution in [2.24, 2.45) is 0 Å². The highest BCUT2D eigenvalue weighted by Crippen LogP contribution is 2.16. The molecular weight excluding hydrogens is 210 g/mol. The summed E-state index contributed by atoms with van der Waals surface area (Å²) in [4.78, 5) is 11.3. The summed E-state index contributed by atoms with van der Waals surface area (Å²) in [5.41, 5.74) is 3.30. The second kappa shape index (κ2) is 5.17. The molecule has 15 heavy (non-hydrogen) atoms. The maximum absolute atomic E-state index is 11.3. The lowest BCUT2D eigenvalue weighted by molar-refractivity contribution is -0.115. The molecule has 1 N–H and O–H groups in total. The van der Waals surface area contributed by atoms with E-state index in [1.165, 1.54) is 11.1 Å². The molecule has 0 aliphatic carbocycles. The van der Waals surface area contributed by atoms with Gasteiger partial charge in [-0.3, -0.25) is 4.79 Å². The minimum atomic E-state index is -0.504. The molecule has 0 aromatic heterocycles. The van der Waals surface area contributed by atoms with Crippen LogP contribution in [0.1, 0.15) is 25.0 Å². The molecule has 0 saturated carbocycles. The molecular formula is C12H16ClNO. The van der Waals surface area contributed by atoms with Crippen LogP contribution in [0.15, 0.2) is 18.2 Å². The SMILES string of the molecule is CCc1ccc(NC(=O)C(C)Cl)cc1C. The van der Waals surface area contributed by atoms with E-state index >= 15 is 0 Å². The molecule has 0 saturated heterocycles. The number of anilines is 1. The largest absolute Gasteiger partial charge is 0.325 e. The fraction of sp³-hybridized carbons (Fsp3) is 0.417. The molecule has 2 nitrogen and oxygen atoms in total. The second-order valence-corrected chi connectivity index (χ2v) is 4.25. The van der Waals surface area contributed by atoms with Crippen molar-refractivity contribution >= 4 is 23.2 Å². The second-order valence-electron chi connectivity index (χ2n) is 3.60. The van der Waals surface area contributed by atoms with Gasteiger partial charge in [-0.2, -0.15) is 0 Å². The third kappa shape index (κ3) is 3.24. The molecule has 0 bridgehead atoms. The smallest absolute Gasteiger partial charge is 0.242 e. The molecule has 1 amide bonds. The summed E-state index contributed by atoms with van der Waals surface area (Å²) in [6.45, 7) is 5.81. The normalized spacial score (nSPS) is 12.3. The zero-order chi connectivity index (χ0) is 11.4. The standard InChI is InChI=1S/C12H16ClNO/c1-4-10-5-6-11(7-8(10)2)14-12(15)9(3)13/h5-7,9H,4H2,1-3H3,(H,14,15). The van der Waals surface area contributed by atoms with E-state index in [2.05, 4.69) is 12.2 Å². The van der Waals surface area contributed by atoms with Gasteiger partial charge in [0, 0.05) is 5.69 Å². The predicted octanol–water partition coefficient (Wildman–Crippen LogP) is 3.12. The van der Waals surface area contributed by atoms with Gasteiger partial charge in [0.1, 0.15) is 5.38 Å². The van der Waals surface area contributed by atoms with Crippen LogP contribution in [0, 0.1) is 6.92 Å². The summed E-state index contributed by atoms with van der Waals surface area (Å²) in [6.07, 6.45) is 1.01. The lowest BCUT2D eigenvalue weighted by Crippen LogP contribution is -2.20. The van der Waals surface area contributed by atoms with Crippen molar-refractivity contribution in [2.75, 3.05) is 5.32 Å². The van der Waals surface area contributed by atoms with E-state index in [0.717, 1.165) is 12.1 Å². The first-order valence-electron chi connectivity index (χ1n) is 5.09. The number of alkyl halides is 1. The highest BCUT2D eigenvalue weighted by Gasteiger charge is 2.09. The van der Waals surface area contributed by atoms with E-state index in [0.29, 0.717) is 0 Å². The number of nitrogens with one attached hydrogen (secondary N) is 1. The number of carbonyl (C=O) groups is 1. The van der Waals surface area contributed by atoms with Gasteiger partial charge in [-0.25, -0.2) is 0 Å². The fourth-order valence-electron chi connectivity index (χ4n) is 1.41. The number of hydrogen-bond acceptors (Lipinski definition) is 1. The summed E-state index contributed by atoms with van der Waals surface area (Å²) < 4.78 is 0. The molecule has 0 fully saturated rings. The van der Waals surface area contributed by atoms with Gasteiger partial charge in [-0.1, -0.05) is 13.0 Å². The lowest BCUT2D eigenvalue weighted by atomic mass is 10.1. The fourth-order valence-corrected chi connectivity index (χ4v) is 1.47. The Balaban J connectivity index is 2.80. The molecule has 82 valence electrons. The minimum Gasteiger partial charge on any atom is -0.325 e. The Kier molecular flexibility index (Phi) is 4.15. The van der Waals surface area contributed by atoms with Crippen molar-refractivity contribution < 1.29 is 4.79 Å². The molecule has 1 rings (SSSR count). The van der Waals surface area contributed by atoms with Crippen LogP contribution in [0.3, 0.4) is 0 Å². The molecule has 1 unspecified atom stereocenters. The van der Waals surface area contributed by atoms with Gasteiger partial charge >= 0.3 is 0 Å². The Labute approximate surface area is 95.6 Å². The Bertz CT molecular complexity index is 361. The summed E-state index contributed by atoms with van der Waals surface area (Å²) in [5, 5.41) is 2.26. The van der Waals surface area contributed by atoms with Crippen LogP contribution in [-0.2, 0) is 11.2 Å². The minimum absolute atomic E-state index is 0.166. The van der Waals surface area contributed by atoms with Crippen LogP contribution in [0.2, 0.25) is 0 Å². The first kappa shape index (κ1) is 12.1. The summed E-state index contributed by atoms with van der Waals surface area (Å²) in [7, 11) is 0. The molecule has 1 atom stereocenters. The van der Waals surface area contributed by atoms with Gasteiger partial charge in [0.25, 0.3) is 0 Å². The van der Waals surface area contributed by atoms with Gasteiger partial charge in [-0.15, -0.1) is 11.6 Å². The maximum Gasteiger partial charge on any atom is 0.242 e. The van der Waals surface area contributed by atoms with Crippen molar-refractivity contribution in [3.05, 3.63) is 29.3 Å². The van der Waals surface area contributed by atoms with Crippen molar-refractivity contribution in [1.82, 2.24) is 0 Å². The van der Waals surface area contributed by atoms with Crippen LogP contribution in [-0.4, -0.2) is 11.3 Å². The van der Waals surface area contributed by atoms with Crippen molar-refractivity contribution in [2.45, 2.75) is 32.6 Å². The van der Waals surface area contributed by atoms with E-state index in [9.17, 15) is 4.79 Å². The molecule has 0 spiro atoms. The maximum atomic E-state index is 11.3. The van der Waals surface area contributed by atoms with Gasteiger partial charge in [0.2, 0.25) is 5.91 Å². The van der Waals surface area contributed by atoms with Crippen LogP contribution < -0.4 is 5.32 Å². The predicted molar refractivity (Wildman–Crippen MR) is 64.5 cm³/mol. The molecule has 0 heterocycles. The van der Waals surface area contributed by atoms with E-state index in [4.69, 9.17) is 11.6 Å². The third-order valence-corrected chi connectivity index (χ3v) is 2.55. The zero-order valence-electron chi connectivity index (χ0n) is 9.30. The van der Waals surface area contributed by atoms with E-state index < -0.39 is 5.38 Å². The summed E-state index contributed by atoms with van der Waals surface area (Å²) in [5.74, 6) is -0.166. The molecule has 0 aliphatic rings. The van der Waals surface area contributed by atoms with Gasteiger partial charge in [0.05, 0.1) is 0 Å². The van der Waals surface area contributed by atoms with E-state index in [1.54, 1.807) is 6.92 Å². The highest BCUT2D eigenvalue weighted by atomic mass is 35.5. The molecule has 0 aliphatic heterocycles.